The first-order chi connectivity index (χ1) is 11.4. The normalized spacial score (nSPS) is 13.7. The number of H-pyrrole nitrogens is 2. The van der Waals surface area contributed by atoms with Crippen LogP contribution in [0.2, 0.25) is 0 Å². The Bertz CT molecular complexity index is 1030. The van der Waals surface area contributed by atoms with Crippen LogP contribution in [0.25, 0.3) is 21.8 Å². The molecule has 122 valence electrons. The van der Waals surface area contributed by atoms with E-state index in [1.807, 2.05) is 0 Å². The zero-order valence-corrected chi connectivity index (χ0v) is 13.9. The Balaban J connectivity index is 1.99. The number of hydrogen-bond donors (Lipinski definition) is 2. The average molecular weight is 393 g/mol. The van der Waals surface area contributed by atoms with Crippen LogP contribution in [0, 0.1) is 0 Å². The standard InChI is InChI=1S/C18H12BrF3N2/c19-10-5-6-16-12(7-10)14(9-24-16)17(18(20,21)22)13-8-23-15-4-2-1-3-11(13)15/h1-9,17,23-24H. The molecule has 2 heterocycles. The van der Waals surface area contributed by atoms with Crippen molar-refractivity contribution in [2.24, 2.45) is 0 Å². The van der Waals surface area contributed by atoms with Crippen molar-refractivity contribution in [3.8, 4) is 0 Å². The van der Waals surface area contributed by atoms with Crippen LogP contribution in [0.3, 0.4) is 0 Å². The van der Waals surface area contributed by atoms with Gasteiger partial charge in [-0.3, -0.25) is 0 Å². The maximum atomic E-state index is 14.0. The van der Waals surface area contributed by atoms with E-state index in [1.165, 1.54) is 12.4 Å². The van der Waals surface area contributed by atoms with E-state index in [1.54, 1.807) is 42.5 Å². The molecule has 1 unspecified atom stereocenters. The fraction of sp³-hybridized carbons (Fsp3) is 0.111. The number of alkyl halides is 3. The van der Waals surface area contributed by atoms with E-state index in [0.717, 1.165) is 4.47 Å². The Morgan fingerprint density at radius 3 is 2.17 bits per heavy atom. The molecule has 2 aromatic carbocycles. The predicted octanol–water partition coefficient (Wildman–Crippen LogP) is 6.11. The molecule has 2 nitrogen and oxygen atoms in total. The van der Waals surface area contributed by atoms with Crippen LogP contribution in [0.5, 0.6) is 0 Å². The molecule has 4 aromatic rings. The predicted molar refractivity (Wildman–Crippen MR) is 92.2 cm³/mol. The second kappa shape index (κ2) is 5.41. The Morgan fingerprint density at radius 1 is 0.833 bits per heavy atom. The van der Waals surface area contributed by atoms with Gasteiger partial charge in [-0.1, -0.05) is 34.1 Å². The van der Waals surface area contributed by atoms with Gasteiger partial charge in [-0.15, -0.1) is 0 Å². The molecule has 0 aliphatic heterocycles. The maximum Gasteiger partial charge on any atom is 0.399 e. The number of benzene rings is 2. The van der Waals surface area contributed by atoms with Gasteiger partial charge in [-0.2, -0.15) is 13.2 Å². The van der Waals surface area contributed by atoms with Gasteiger partial charge in [0.2, 0.25) is 0 Å². The van der Waals surface area contributed by atoms with Gasteiger partial charge in [0.1, 0.15) is 5.92 Å². The molecule has 0 fully saturated rings. The van der Waals surface area contributed by atoms with E-state index in [-0.39, 0.29) is 11.1 Å². The molecule has 0 saturated heterocycles. The summed E-state index contributed by atoms with van der Waals surface area (Å²) in [5.74, 6) is -1.70. The van der Waals surface area contributed by atoms with Gasteiger partial charge in [0.15, 0.2) is 0 Å². The Morgan fingerprint density at radius 2 is 1.46 bits per heavy atom. The Labute approximate surface area is 143 Å². The average Bonchev–Trinajstić information content (AvgIpc) is 3.12. The zero-order chi connectivity index (χ0) is 16.9. The monoisotopic (exact) mass is 392 g/mol. The first kappa shape index (κ1) is 15.3. The summed E-state index contributed by atoms with van der Waals surface area (Å²) in [5.41, 5.74) is 1.84. The molecule has 24 heavy (non-hydrogen) atoms. The number of para-hydroxylation sites is 1. The van der Waals surface area contributed by atoms with Crippen LogP contribution in [0.15, 0.2) is 59.3 Å². The minimum Gasteiger partial charge on any atom is -0.361 e. The number of aromatic nitrogens is 2. The van der Waals surface area contributed by atoms with Crippen molar-refractivity contribution in [1.29, 1.82) is 0 Å². The summed E-state index contributed by atoms with van der Waals surface area (Å²) < 4.78 is 42.6. The Hall–Kier alpha value is -2.21. The van der Waals surface area contributed by atoms with E-state index in [9.17, 15) is 13.2 Å². The molecule has 2 aromatic heterocycles. The molecule has 0 bridgehead atoms. The molecule has 6 heteroatoms. The molecule has 4 rings (SSSR count). The number of fused-ring (bicyclic) bond motifs is 2. The molecule has 0 saturated carbocycles. The van der Waals surface area contributed by atoms with Gasteiger partial charge in [0.05, 0.1) is 0 Å². The highest BCUT2D eigenvalue weighted by atomic mass is 79.9. The molecular weight excluding hydrogens is 381 g/mol. The lowest BCUT2D eigenvalue weighted by atomic mass is 9.90. The van der Waals surface area contributed by atoms with Crippen LogP contribution in [0.1, 0.15) is 17.0 Å². The number of rotatable bonds is 2. The lowest BCUT2D eigenvalue weighted by Crippen LogP contribution is -2.21. The van der Waals surface area contributed by atoms with E-state index in [2.05, 4.69) is 25.9 Å². The van der Waals surface area contributed by atoms with Crippen molar-refractivity contribution in [1.82, 2.24) is 9.97 Å². The van der Waals surface area contributed by atoms with Crippen LogP contribution in [-0.4, -0.2) is 16.1 Å². The number of hydrogen-bond acceptors (Lipinski definition) is 0. The molecular formula is C18H12BrF3N2. The summed E-state index contributed by atoms with van der Waals surface area (Å²) in [4.78, 5) is 5.89. The van der Waals surface area contributed by atoms with Gasteiger partial charge in [-0.05, 0) is 35.4 Å². The van der Waals surface area contributed by atoms with Crippen LogP contribution in [-0.2, 0) is 0 Å². The van der Waals surface area contributed by atoms with Crippen LogP contribution >= 0.6 is 15.9 Å². The summed E-state index contributed by atoms with van der Waals surface area (Å²) in [6.45, 7) is 0. The number of halogens is 4. The van der Waals surface area contributed by atoms with Gasteiger partial charge in [0, 0.05) is 38.7 Å². The van der Waals surface area contributed by atoms with Crippen molar-refractivity contribution < 1.29 is 13.2 Å². The van der Waals surface area contributed by atoms with Crippen molar-refractivity contribution >= 4 is 37.7 Å². The summed E-state index contributed by atoms with van der Waals surface area (Å²) in [6, 6.07) is 12.3. The highest BCUT2D eigenvalue weighted by Crippen LogP contribution is 2.45. The van der Waals surface area contributed by atoms with E-state index in [4.69, 9.17) is 0 Å². The quantitative estimate of drug-likeness (QED) is 0.412. The minimum atomic E-state index is -4.40. The molecule has 0 radical (unpaired) electrons. The first-order valence-electron chi connectivity index (χ1n) is 7.34. The first-order valence-corrected chi connectivity index (χ1v) is 8.14. The summed E-state index contributed by atoms with van der Waals surface area (Å²) in [5, 5.41) is 1.15. The van der Waals surface area contributed by atoms with Crippen LogP contribution < -0.4 is 0 Å². The molecule has 2 N–H and O–H groups in total. The SMILES string of the molecule is FC(F)(F)C(c1c[nH]c2ccccc12)c1c[nH]c2ccc(Br)cc12. The lowest BCUT2D eigenvalue weighted by Gasteiger charge is -2.20. The third-order valence-electron chi connectivity index (χ3n) is 4.25. The highest BCUT2D eigenvalue weighted by molar-refractivity contribution is 9.10. The second-order valence-corrected chi connectivity index (χ2v) is 6.61. The lowest BCUT2D eigenvalue weighted by molar-refractivity contribution is -0.140. The van der Waals surface area contributed by atoms with Crippen molar-refractivity contribution in [3.05, 3.63) is 70.5 Å². The molecule has 1 atom stereocenters. The molecule has 0 amide bonds. The molecule has 0 aliphatic carbocycles. The number of nitrogens with one attached hydrogen (secondary N) is 2. The molecule has 0 aliphatic rings. The molecule has 0 spiro atoms. The summed E-state index contributed by atoms with van der Waals surface area (Å²) >= 11 is 3.34. The zero-order valence-electron chi connectivity index (χ0n) is 12.3. The third-order valence-corrected chi connectivity index (χ3v) is 4.74. The van der Waals surface area contributed by atoms with Crippen molar-refractivity contribution in [2.75, 3.05) is 0 Å². The third kappa shape index (κ3) is 2.41. The fourth-order valence-corrected chi connectivity index (χ4v) is 3.57. The minimum absolute atomic E-state index is 0.226. The van der Waals surface area contributed by atoms with Gasteiger partial charge in [0.25, 0.3) is 0 Å². The topological polar surface area (TPSA) is 31.6 Å². The van der Waals surface area contributed by atoms with Gasteiger partial charge >= 0.3 is 6.18 Å². The second-order valence-electron chi connectivity index (χ2n) is 5.70. The number of aromatic amines is 2. The maximum absolute atomic E-state index is 14.0. The van der Waals surface area contributed by atoms with Crippen LogP contribution in [0.4, 0.5) is 13.2 Å². The highest BCUT2D eigenvalue weighted by Gasteiger charge is 2.44. The van der Waals surface area contributed by atoms with Crippen molar-refractivity contribution in [3.63, 3.8) is 0 Å². The van der Waals surface area contributed by atoms with Gasteiger partial charge < -0.3 is 9.97 Å². The van der Waals surface area contributed by atoms with E-state index in [0.29, 0.717) is 21.8 Å². The van der Waals surface area contributed by atoms with Crippen molar-refractivity contribution in [2.45, 2.75) is 12.1 Å². The largest absolute Gasteiger partial charge is 0.399 e. The Kier molecular flexibility index (Phi) is 3.46. The fourth-order valence-electron chi connectivity index (χ4n) is 3.21. The van der Waals surface area contributed by atoms with Gasteiger partial charge in [-0.25, -0.2) is 0 Å². The smallest absolute Gasteiger partial charge is 0.361 e. The summed E-state index contributed by atoms with van der Waals surface area (Å²) in [7, 11) is 0. The van der Waals surface area contributed by atoms with E-state index >= 15 is 0 Å². The van der Waals surface area contributed by atoms with E-state index < -0.39 is 12.1 Å². The summed E-state index contributed by atoms with van der Waals surface area (Å²) in [6.07, 6.45) is -1.49.